The molecule has 0 spiro atoms. The molecule has 0 radical (unpaired) electrons. The molecular formula is C28H26F3NO3. The van der Waals surface area contributed by atoms with Gasteiger partial charge in [-0.25, -0.2) is 22.9 Å². The maximum absolute atomic E-state index is 14.1. The van der Waals surface area contributed by atoms with Gasteiger partial charge in [-0.15, -0.1) is 0 Å². The number of pyridine rings is 1. The molecule has 1 heterocycles. The van der Waals surface area contributed by atoms with Crippen molar-refractivity contribution in [2.24, 2.45) is 0 Å². The van der Waals surface area contributed by atoms with Crippen molar-refractivity contribution in [2.45, 2.75) is 46.6 Å². The van der Waals surface area contributed by atoms with Crippen LogP contribution in [-0.4, -0.2) is 17.6 Å². The van der Waals surface area contributed by atoms with Gasteiger partial charge in [0.15, 0.2) is 17.3 Å². The first-order chi connectivity index (χ1) is 16.8. The Morgan fingerprint density at radius 1 is 0.943 bits per heavy atom. The van der Waals surface area contributed by atoms with Crippen molar-refractivity contribution in [3.8, 4) is 5.75 Å². The predicted octanol–water partition coefficient (Wildman–Crippen LogP) is 6.97. The fourth-order valence-corrected chi connectivity index (χ4v) is 4.26. The summed E-state index contributed by atoms with van der Waals surface area (Å²) in [5.41, 5.74) is 5.53. The van der Waals surface area contributed by atoms with Gasteiger partial charge >= 0.3 is 5.97 Å². The van der Waals surface area contributed by atoms with Crippen molar-refractivity contribution >= 4 is 17.1 Å². The molecule has 0 fully saturated rings. The largest absolute Gasteiger partial charge is 0.488 e. The number of ether oxygens (including phenoxy) is 2. The van der Waals surface area contributed by atoms with Crippen LogP contribution in [0.4, 0.5) is 13.2 Å². The lowest BCUT2D eigenvalue weighted by atomic mass is 9.97. The average molecular weight is 482 g/mol. The normalized spacial score (nSPS) is 13.3. The number of carbonyl (C=O) groups is 1. The van der Waals surface area contributed by atoms with Crippen LogP contribution in [0.3, 0.4) is 0 Å². The van der Waals surface area contributed by atoms with Crippen molar-refractivity contribution in [3.63, 3.8) is 0 Å². The van der Waals surface area contributed by atoms with Crippen LogP contribution in [0.15, 0.2) is 42.5 Å². The number of halogens is 3. The molecular weight excluding hydrogens is 455 g/mol. The molecule has 0 bridgehead atoms. The highest BCUT2D eigenvalue weighted by molar-refractivity contribution is 5.95. The van der Waals surface area contributed by atoms with Crippen LogP contribution >= 0.6 is 0 Å². The van der Waals surface area contributed by atoms with Crippen molar-refractivity contribution < 1.29 is 27.4 Å². The highest BCUT2D eigenvalue weighted by atomic mass is 19.2. The number of esters is 1. The van der Waals surface area contributed by atoms with Gasteiger partial charge in [-0.2, -0.15) is 0 Å². The van der Waals surface area contributed by atoms with Crippen molar-refractivity contribution in [1.29, 1.82) is 0 Å². The first-order valence-corrected chi connectivity index (χ1v) is 11.5. The van der Waals surface area contributed by atoms with E-state index in [0.717, 1.165) is 53.2 Å². The first-order valence-electron chi connectivity index (χ1n) is 11.5. The molecule has 2 aromatic carbocycles. The molecule has 1 aliphatic carbocycles. The Morgan fingerprint density at radius 3 is 2.46 bits per heavy atom. The fourth-order valence-electron chi connectivity index (χ4n) is 4.26. The standard InChI is InChI=1S/C28H26F3NO3/c1-4-34-28(33)27-17(3)9-10-25(32-27)20-7-5-6-19(20)21-12-16(2)8-11-26(21)35-15-18-13-23(30)24(31)14-22(18)29/h8-14H,4-7,15H2,1-3H3. The van der Waals surface area contributed by atoms with Crippen LogP contribution in [0.5, 0.6) is 5.75 Å². The third-order valence-electron chi connectivity index (χ3n) is 6.03. The Balaban J connectivity index is 1.72. The molecule has 35 heavy (non-hydrogen) atoms. The number of hydrogen-bond acceptors (Lipinski definition) is 4. The molecule has 182 valence electrons. The molecule has 3 aromatic rings. The summed E-state index contributed by atoms with van der Waals surface area (Å²) >= 11 is 0. The fraction of sp³-hybridized carbons (Fsp3) is 0.286. The van der Waals surface area contributed by atoms with Crippen molar-refractivity contribution in [3.05, 3.63) is 93.6 Å². The molecule has 7 heteroatoms. The number of rotatable bonds is 7. The summed E-state index contributed by atoms with van der Waals surface area (Å²) in [7, 11) is 0. The molecule has 0 amide bonds. The Bertz CT molecular complexity index is 1320. The van der Waals surface area contributed by atoms with Crippen LogP contribution < -0.4 is 4.74 Å². The monoisotopic (exact) mass is 481 g/mol. The molecule has 0 unspecified atom stereocenters. The molecule has 0 saturated heterocycles. The zero-order valence-corrected chi connectivity index (χ0v) is 19.9. The second kappa shape index (κ2) is 10.3. The number of benzene rings is 2. The Morgan fingerprint density at radius 2 is 1.69 bits per heavy atom. The summed E-state index contributed by atoms with van der Waals surface area (Å²) in [6.45, 7) is 5.54. The number of nitrogens with zero attached hydrogens (tertiary/aromatic N) is 1. The van der Waals surface area contributed by atoms with Crippen molar-refractivity contribution in [2.75, 3.05) is 6.61 Å². The van der Waals surface area contributed by atoms with E-state index in [-0.39, 0.29) is 24.5 Å². The molecule has 0 saturated carbocycles. The van der Waals surface area contributed by atoms with Gasteiger partial charge in [0, 0.05) is 17.2 Å². The summed E-state index contributed by atoms with van der Waals surface area (Å²) in [6, 6.07) is 10.7. The smallest absolute Gasteiger partial charge is 0.357 e. The molecule has 4 rings (SSSR count). The zero-order valence-electron chi connectivity index (χ0n) is 19.9. The van der Waals surface area contributed by atoms with Gasteiger partial charge in [-0.05, 0) is 81.0 Å². The molecule has 1 aromatic heterocycles. The number of hydrogen-bond donors (Lipinski definition) is 0. The maximum Gasteiger partial charge on any atom is 0.357 e. The average Bonchev–Trinajstić information content (AvgIpc) is 3.31. The maximum atomic E-state index is 14.1. The SMILES string of the molecule is CCOC(=O)c1nc(C2=C(c3cc(C)ccc3OCc3cc(F)c(F)cc3F)CCC2)ccc1C. The molecule has 1 aliphatic rings. The van der Waals surface area contributed by atoms with Crippen LogP contribution in [0, 0.1) is 31.3 Å². The molecule has 0 atom stereocenters. The number of carbonyl (C=O) groups excluding carboxylic acids is 1. The van der Waals surface area contributed by atoms with Gasteiger partial charge in [0.05, 0.1) is 12.3 Å². The summed E-state index contributed by atoms with van der Waals surface area (Å²) < 4.78 is 52.1. The second-order valence-electron chi connectivity index (χ2n) is 8.54. The van der Waals surface area contributed by atoms with E-state index in [1.54, 1.807) is 13.0 Å². The Kier molecular flexibility index (Phi) is 7.24. The van der Waals surface area contributed by atoms with E-state index in [1.165, 1.54) is 0 Å². The molecule has 0 N–H and O–H groups in total. The summed E-state index contributed by atoms with van der Waals surface area (Å²) in [4.78, 5) is 17.0. The van der Waals surface area contributed by atoms with E-state index in [4.69, 9.17) is 9.47 Å². The van der Waals surface area contributed by atoms with Crippen LogP contribution in [0.2, 0.25) is 0 Å². The van der Waals surface area contributed by atoms with Gasteiger partial charge in [0.2, 0.25) is 0 Å². The van der Waals surface area contributed by atoms with Crippen LogP contribution in [0.1, 0.15) is 64.6 Å². The zero-order chi connectivity index (χ0) is 25.1. The first kappa shape index (κ1) is 24.5. The number of allylic oxidation sites excluding steroid dienone is 2. The van der Waals surface area contributed by atoms with Crippen LogP contribution in [-0.2, 0) is 11.3 Å². The van der Waals surface area contributed by atoms with Gasteiger partial charge in [0.1, 0.15) is 18.2 Å². The van der Waals surface area contributed by atoms with E-state index >= 15 is 0 Å². The minimum atomic E-state index is -1.24. The third kappa shape index (κ3) is 5.24. The van der Waals surface area contributed by atoms with E-state index in [9.17, 15) is 18.0 Å². The van der Waals surface area contributed by atoms with Crippen molar-refractivity contribution in [1.82, 2.24) is 4.98 Å². The van der Waals surface area contributed by atoms with E-state index in [0.29, 0.717) is 17.5 Å². The Hall–Kier alpha value is -3.61. The predicted molar refractivity (Wildman–Crippen MR) is 127 cm³/mol. The van der Waals surface area contributed by atoms with E-state index < -0.39 is 23.4 Å². The van der Waals surface area contributed by atoms with E-state index in [2.05, 4.69) is 4.98 Å². The molecule has 4 nitrogen and oxygen atoms in total. The Labute approximate surface area is 202 Å². The highest BCUT2D eigenvalue weighted by Gasteiger charge is 2.23. The van der Waals surface area contributed by atoms with Gasteiger partial charge in [-0.3, -0.25) is 0 Å². The lowest BCUT2D eigenvalue weighted by Gasteiger charge is -2.16. The summed E-state index contributed by atoms with van der Waals surface area (Å²) in [5, 5.41) is 0. The second-order valence-corrected chi connectivity index (χ2v) is 8.54. The van der Waals surface area contributed by atoms with E-state index in [1.807, 2.05) is 38.1 Å². The summed E-state index contributed by atoms with van der Waals surface area (Å²) in [6.07, 6.45) is 2.46. The number of aromatic nitrogens is 1. The summed E-state index contributed by atoms with van der Waals surface area (Å²) in [5.74, 6) is -3.19. The lowest BCUT2D eigenvalue weighted by Crippen LogP contribution is -2.10. The quantitative estimate of drug-likeness (QED) is 0.270. The molecule has 0 aliphatic heterocycles. The topological polar surface area (TPSA) is 48.4 Å². The lowest BCUT2D eigenvalue weighted by molar-refractivity contribution is 0.0518. The van der Waals surface area contributed by atoms with Gasteiger partial charge in [0.25, 0.3) is 0 Å². The third-order valence-corrected chi connectivity index (χ3v) is 6.03. The number of aryl methyl sites for hydroxylation is 2. The minimum Gasteiger partial charge on any atom is -0.488 e. The highest BCUT2D eigenvalue weighted by Crippen LogP contribution is 2.43. The van der Waals surface area contributed by atoms with Gasteiger partial charge in [-0.1, -0.05) is 17.7 Å². The van der Waals surface area contributed by atoms with Gasteiger partial charge < -0.3 is 9.47 Å². The minimum absolute atomic E-state index is 0.0738. The van der Waals surface area contributed by atoms with Crippen LogP contribution in [0.25, 0.3) is 11.1 Å².